The van der Waals surface area contributed by atoms with Crippen molar-refractivity contribution in [2.24, 2.45) is 0 Å². The van der Waals surface area contributed by atoms with Gasteiger partial charge in [-0.3, -0.25) is 4.79 Å². The molecule has 0 radical (unpaired) electrons. The summed E-state index contributed by atoms with van der Waals surface area (Å²) in [6.45, 7) is 3.81. The quantitative estimate of drug-likeness (QED) is 0.0261. The Balaban J connectivity index is 2.09. The average molecular weight is 981 g/mol. The van der Waals surface area contributed by atoms with Crippen LogP contribution in [-0.2, 0) is 14.3 Å². The minimum Gasteiger partial charge on any atom is -0.394 e. The van der Waals surface area contributed by atoms with Crippen molar-refractivity contribution >= 4 is 5.91 Å². The number of hydrogen-bond acceptors (Lipinski definition) is 8. The van der Waals surface area contributed by atoms with Gasteiger partial charge in [0, 0.05) is 6.42 Å². The second-order valence-corrected chi connectivity index (χ2v) is 21.5. The molecule has 1 heterocycles. The van der Waals surface area contributed by atoms with E-state index in [-0.39, 0.29) is 12.5 Å². The number of carbonyl (C=O) groups is 1. The predicted octanol–water partition coefficient (Wildman–Crippen LogP) is 15.2. The third-order valence-corrected chi connectivity index (χ3v) is 14.9. The summed E-state index contributed by atoms with van der Waals surface area (Å²) in [5.74, 6) is -0.170. The lowest BCUT2D eigenvalue weighted by molar-refractivity contribution is -0.302. The van der Waals surface area contributed by atoms with Gasteiger partial charge in [-0.15, -0.1) is 0 Å². The summed E-state index contributed by atoms with van der Waals surface area (Å²) in [6, 6.07) is -0.800. The molecule has 1 fully saturated rings. The van der Waals surface area contributed by atoms with Gasteiger partial charge in [0.15, 0.2) is 6.29 Å². The van der Waals surface area contributed by atoms with E-state index in [0.29, 0.717) is 6.42 Å². The largest absolute Gasteiger partial charge is 0.394 e. The molecule has 2 unspecified atom stereocenters. The van der Waals surface area contributed by atoms with Crippen molar-refractivity contribution in [1.29, 1.82) is 0 Å². The summed E-state index contributed by atoms with van der Waals surface area (Å²) < 4.78 is 11.3. The van der Waals surface area contributed by atoms with Gasteiger partial charge in [0.25, 0.3) is 0 Å². The second kappa shape index (κ2) is 50.5. The molecule has 1 saturated heterocycles. The van der Waals surface area contributed by atoms with Gasteiger partial charge < -0.3 is 40.3 Å². The highest BCUT2D eigenvalue weighted by Gasteiger charge is 2.44. The van der Waals surface area contributed by atoms with Crippen LogP contribution in [0.4, 0.5) is 0 Å². The van der Waals surface area contributed by atoms with E-state index >= 15 is 0 Å². The zero-order chi connectivity index (χ0) is 50.1. The number of aliphatic hydroxyl groups excluding tert-OH is 5. The predicted molar refractivity (Wildman–Crippen MR) is 291 cm³/mol. The van der Waals surface area contributed by atoms with Crippen molar-refractivity contribution in [3.05, 3.63) is 12.2 Å². The number of carbonyl (C=O) groups excluding carboxylic acids is 1. The summed E-state index contributed by atoms with van der Waals surface area (Å²) in [7, 11) is 0. The van der Waals surface area contributed by atoms with Crippen LogP contribution in [0.5, 0.6) is 0 Å². The molecule has 0 spiro atoms. The molecule has 6 N–H and O–H groups in total. The molecule has 0 aromatic carbocycles. The van der Waals surface area contributed by atoms with E-state index in [4.69, 9.17) is 9.47 Å². The van der Waals surface area contributed by atoms with Gasteiger partial charge in [-0.05, 0) is 19.3 Å². The number of allylic oxidation sites excluding steroid dienone is 1. The van der Waals surface area contributed by atoms with Crippen LogP contribution in [0.25, 0.3) is 0 Å². The van der Waals surface area contributed by atoms with Crippen LogP contribution < -0.4 is 5.32 Å². The van der Waals surface area contributed by atoms with Crippen LogP contribution in [0.1, 0.15) is 309 Å². The van der Waals surface area contributed by atoms with Crippen LogP contribution in [0.2, 0.25) is 0 Å². The van der Waals surface area contributed by atoms with E-state index in [0.717, 1.165) is 38.5 Å². The topological polar surface area (TPSA) is 149 Å². The fourth-order valence-corrected chi connectivity index (χ4v) is 10.0. The molecule has 1 rings (SSSR count). The molecule has 9 heteroatoms. The van der Waals surface area contributed by atoms with Crippen molar-refractivity contribution in [3.63, 3.8) is 0 Å². The van der Waals surface area contributed by atoms with E-state index in [1.54, 1.807) is 6.08 Å². The number of amides is 1. The lowest BCUT2D eigenvalue weighted by atomic mass is 9.99. The Labute approximate surface area is 426 Å². The standard InChI is InChI=1S/C60H117NO8/c1-3-5-7-9-11-13-15-17-19-20-21-22-23-24-25-26-27-28-29-30-31-32-33-34-35-36-38-40-42-44-46-48-50-56(64)61-53(52-68-60-59(67)58(66)57(65)55(51-62)69-60)54(63)49-47-45-43-41-39-37-18-16-14-12-10-8-6-4-2/h47,49,53-55,57-60,62-63,65-67H,3-46,48,50-52H2,1-2H3,(H,61,64)/b49-47+/t53-,54+,55+,57+,58?,59?,60+/m0/s1. The Morgan fingerprint density at radius 2 is 0.797 bits per heavy atom. The molecule has 0 saturated carbocycles. The third-order valence-electron chi connectivity index (χ3n) is 14.9. The summed E-state index contributed by atoms with van der Waals surface area (Å²) >= 11 is 0. The van der Waals surface area contributed by atoms with E-state index in [2.05, 4.69) is 19.2 Å². The van der Waals surface area contributed by atoms with Crippen molar-refractivity contribution in [2.75, 3.05) is 13.2 Å². The Morgan fingerprint density at radius 1 is 0.478 bits per heavy atom. The van der Waals surface area contributed by atoms with Gasteiger partial charge in [0.1, 0.15) is 24.4 Å². The number of ether oxygens (including phenoxy) is 2. The SMILES string of the molecule is CCCCCCCCCCCCCC/C=C/[C@@H](O)[C@H](CO[C@@H]1O[C@H](CO)[C@@H](O)C(O)C1O)NC(=O)CCCCCCCCCCCCCCCCCCCCCCCCCCCCCCCCCC. The molecule has 1 aliphatic rings. The average Bonchev–Trinajstić information content (AvgIpc) is 3.35. The van der Waals surface area contributed by atoms with Gasteiger partial charge >= 0.3 is 0 Å². The summed E-state index contributed by atoms with van der Waals surface area (Å²) in [6.07, 6.45) is 55.9. The first kappa shape index (κ1) is 65.9. The molecule has 410 valence electrons. The van der Waals surface area contributed by atoms with Crippen LogP contribution in [0, 0.1) is 0 Å². The van der Waals surface area contributed by atoms with Crippen molar-refractivity contribution in [3.8, 4) is 0 Å². The molecule has 0 bridgehead atoms. The highest BCUT2D eigenvalue weighted by atomic mass is 16.7. The Morgan fingerprint density at radius 3 is 1.13 bits per heavy atom. The zero-order valence-corrected chi connectivity index (χ0v) is 45.6. The lowest BCUT2D eigenvalue weighted by Gasteiger charge is -2.40. The highest BCUT2D eigenvalue weighted by molar-refractivity contribution is 5.76. The lowest BCUT2D eigenvalue weighted by Crippen LogP contribution is -2.60. The maximum atomic E-state index is 13.0. The first-order valence-corrected chi connectivity index (χ1v) is 30.4. The summed E-state index contributed by atoms with van der Waals surface area (Å²) in [5, 5.41) is 54.4. The maximum Gasteiger partial charge on any atom is 0.220 e. The summed E-state index contributed by atoms with van der Waals surface area (Å²) in [4.78, 5) is 13.0. The molecule has 69 heavy (non-hydrogen) atoms. The normalized spacial score (nSPS) is 19.4. The van der Waals surface area contributed by atoms with Gasteiger partial charge in [0.2, 0.25) is 5.91 Å². The van der Waals surface area contributed by atoms with Gasteiger partial charge in [-0.2, -0.15) is 0 Å². The number of aliphatic hydroxyl groups is 5. The Kier molecular flexibility index (Phi) is 48.2. The minimum absolute atomic E-state index is 0.170. The molecular formula is C60H117NO8. The van der Waals surface area contributed by atoms with Gasteiger partial charge in [-0.1, -0.05) is 296 Å². The van der Waals surface area contributed by atoms with E-state index in [1.165, 1.54) is 250 Å². The van der Waals surface area contributed by atoms with E-state index in [1.807, 2.05) is 6.08 Å². The number of nitrogens with one attached hydrogen (secondary N) is 1. The maximum absolute atomic E-state index is 13.0. The fourth-order valence-electron chi connectivity index (χ4n) is 10.0. The van der Waals surface area contributed by atoms with Crippen molar-refractivity contribution in [2.45, 2.75) is 352 Å². The summed E-state index contributed by atoms with van der Waals surface area (Å²) in [5.41, 5.74) is 0. The van der Waals surface area contributed by atoms with E-state index in [9.17, 15) is 30.3 Å². The van der Waals surface area contributed by atoms with Crippen LogP contribution in [-0.4, -0.2) is 87.5 Å². The van der Waals surface area contributed by atoms with E-state index < -0.39 is 49.5 Å². The third kappa shape index (κ3) is 40.1. The highest BCUT2D eigenvalue weighted by Crippen LogP contribution is 2.23. The smallest absolute Gasteiger partial charge is 0.220 e. The molecule has 9 nitrogen and oxygen atoms in total. The zero-order valence-electron chi connectivity index (χ0n) is 45.6. The molecule has 7 atom stereocenters. The van der Waals surface area contributed by atoms with Crippen LogP contribution >= 0.6 is 0 Å². The van der Waals surface area contributed by atoms with Crippen LogP contribution in [0.15, 0.2) is 12.2 Å². The Hall–Kier alpha value is -1.07. The van der Waals surface area contributed by atoms with Gasteiger partial charge in [-0.25, -0.2) is 0 Å². The number of hydrogen-bond donors (Lipinski definition) is 6. The molecule has 0 aliphatic carbocycles. The van der Waals surface area contributed by atoms with Crippen molar-refractivity contribution in [1.82, 2.24) is 5.32 Å². The number of unbranched alkanes of at least 4 members (excludes halogenated alkanes) is 43. The molecular weight excluding hydrogens is 863 g/mol. The molecule has 1 aliphatic heterocycles. The van der Waals surface area contributed by atoms with Crippen molar-refractivity contribution < 1.29 is 39.8 Å². The molecule has 0 aromatic heterocycles. The second-order valence-electron chi connectivity index (χ2n) is 21.5. The Bertz CT molecular complexity index is 1090. The van der Waals surface area contributed by atoms with Crippen LogP contribution in [0.3, 0.4) is 0 Å². The molecule has 1 amide bonds. The fraction of sp³-hybridized carbons (Fsp3) is 0.950. The first-order chi connectivity index (χ1) is 33.8. The number of rotatable bonds is 53. The first-order valence-electron chi connectivity index (χ1n) is 30.4. The molecule has 0 aromatic rings. The van der Waals surface area contributed by atoms with Gasteiger partial charge in [0.05, 0.1) is 25.4 Å². The monoisotopic (exact) mass is 980 g/mol. The minimum atomic E-state index is -1.56.